The average molecular weight is 279 g/mol. The van der Waals surface area contributed by atoms with Crippen molar-refractivity contribution in [2.24, 2.45) is 0 Å². The maximum absolute atomic E-state index is 6.18. The third kappa shape index (κ3) is 3.33. The minimum atomic E-state index is 0.700. The van der Waals surface area contributed by atoms with Gasteiger partial charge in [-0.2, -0.15) is 0 Å². The van der Waals surface area contributed by atoms with E-state index in [0.717, 1.165) is 43.1 Å². The molecule has 0 saturated carbocycles. The lowest BCUT2D eigenvalue weighted by molar-refractivity contribution is 0.674. The first-order chi connectivity index (χ1) is 9.26. The quantitative estimate of drug-likeness (QED) is 0.826. The standard InChI is InChI=1S/C14H19ClN4/c1-3-5-16-9-11-8-14(18-10-12(11)15)19-7-6-17-13(19)4-2/h6-8,10,16H,3-5,9H2,1-2H3. The molecule has 0 spiro atoms. The third-order valence-corrected chi connectivity index (χ3v) is 3.28. The topological polar surface area (TPSA) is 42.7 Å². The number of imidazole rings is 1. The number of nitrogens with one attached hydrogen (secondary N) is 1. The smallest absolute Gasteiger partial charge is 0.138 e. The summed E-state index contributed by atoms with van der Waals surface area (Å²) in [5.74, 6) is 1.87. The molecule has 0 aromatic carbocycles. The second-order valence-electron chi connectivity index (χ2n) is 4.38. The summed E-state index contributed by atoms with van der Waals surface area (Å²) in [4.78, 5) is 8.69. The summed E-state index contributed by atoms with van der Waals surface area (Å²) in [6.45, 7) is 5.97. The zero-order chi connectivity index (χ0) is 13.7. The molecule has 5 heteroatoms. The van der Waals surface area contributed by atoms with Gasteiger partial charge in [0.2, 0.25) is 0 Å². The van der Waals surface area contributed by atoms with E-state index in [2.05, 4.69) is 29.1 Å². The Morgan fingerprint density at radius 3 is 2.89 bits per heavy atom. The molecule has 0 aliphatic heterocycles. The Hall–Kier alpha value is -1.39. The Labute approximate surface area is 118 Å². The van der Waals surface area contributed by atoms with Gasteiger partial charge in [-0.3, -0.25) is 4.57 Å². The highest BCUT2D eigenvalue weighted by molar-refractivity contribution is 6.31. The Morgan fingerprint density at radius 1 is 1.32 bits per heavy atom. The first-order valence-corrected chi connectivity index (χ1v) is 7.01. The molecule has 0 saturated heterocycles. The zero-order valence-electron chi connectivity index (χ0n) is 11.4. The highest BCUT2D eigenvalue weighted by Gasteiger charge is 2.07. The molecule has 0 amide bonds. The van der Waals surface area contributed by atoms with E-state index >= 15 is 0 Å². The van der Waals surface area contributed by atoms with Gasteiger partial charge in [0.15, 0.2) is 0 Å². The monoisotopic (exact) mass is 278 g/mol. The van der Waals surface area contributed by atoms with E-state index in [9.17, 15) is 0 Å². The van der Waals surface area contributed by atoms with Gasteiger partial charge in [-0.1, -0.05) is 25.4 Å². The van der Waals surface area contributed by atoms with Crippen molar-refractivity contribution < 1.29 is 0 Å². The van der Waals surface area contributed by atoms with E-state index in [1.807, 2.05) is 16.8 Å². The summed E-state index contributed by atoms with van der Waals surface area (Å²) in [7, 11) is 0. The van der Waals surface area contributed by atoms with Crippen molar-refractivity contribution in [1.82, 2.24) is 19.9 Å². The zero-order valence-corrected chi connectivity index (χ0v) is 12.1. The molecule has 0 radical (unpaired) electrons. The summed E-state index contributed by atoms with van der Waals surface area (Å²) >= 11 is 6.18. The molecule has 2 heterocycles. The summed E-state index contributed by atoms with van der Waals surface area (Å²) in [5.41, 5.74) is 1.07. The third-order valence-electron chi connectivity index (χ3n) is 2.94. The molecule has 0 aliphatic carbocycles. The summed E-state index contributed by atoms with van der Waals surface area (Å²) in [6.07, 6.45) is 7.42. The van der Waals surface area contributed by atoms with Crippen molar-refractivity contribution in [3.05, 3.63) is 41.1 Å². The minimum Gasteiger partial charge on any atom is -0.313 e. The summed E-state index contributed by atoms with van der Waals surface area (Å²) < 4.78 is 2.00. The maximum atomic E-state index is 6.18. The van der Waals surface area contributed by atoms with E-state index in [1.165, 1.54) is 0 Å². The molecular formula is C14H19ClN4. The van der Waals surface area contributed by atoms with Crippen molar-refractivity contribution in [2.75, 3.05) is 6.54 Å². The number of halogens is 1. The van der Waals surface area contributed by atoms with Crippen LogP contribution in [0.2, 0.25) is 5.02 Å². The lowest BCUT2D eigenvalue weighted by Gasteiger charge is -2.10. The van der Waals surface area contributed by atoms with Crippen LogP contribution < -0.4 is 5.32 Å². The van der Waals surface area contributed by atoms with Crippen LogP contribution in [0.4, 0.5) is 0 Å². The number of aromatic nitrogens is 3. The largest absolute Gasteiger partial charge is 0.313 e. The van der Waals surface area contributed by atoms with Gasteiger partial charge in [-0.05, 0) is 24.6 Å². The number of pyridine rings is 1. The van der Waals surface area contributed by atoms with Crippen LogP contribution in [0.25, 0.3) is 5.82 Å². The Bertz CT molecular complexity index is 536. The van der Waals surface area contributed by atoms with E-state index < -0.39 is 0 Å². The normalized spacial score (nSPS) is 10.9. The lowest BCUT2D eigenvalue weighted by Crippen LogP contribution is -2.14. The van der Waals surface area contributed by atoms with E-state index in [1.54, 1.807) is 12.4 Å². The van der Waals surface area contributed by atoms with Crippen molar-refractivity contribution in [2.45, 2.75) is 33.2 Å². The molecule has 0 unspecified atom stereocenters. The maximum Gasteiger partial charge on any atom is 0.138 e. The molecular weight excluding hydrogens is 260 g/mol. The van der Waals surface area contributed by atoms with Crippen LogP contribution >= 0.6 is 11.6 Å². The second kappa shape index (κ2) is 6.68. The molecule has 0 aliphatic rings. The minimum absolute atomic E-state index is 0.700. The lowest BCUT2D eigenvalue weighted by atomic mass is 10.2. The van der Waals surface area contributed by atoms with Gasteiger partial charge in [0, 0.05) is 31.6 Å². The molecule has 0 atom stereocenters. The highest BCUT2D eigenvalue weighted by Crippen LogP contribution is 2.18. The SMILES string of the molecule is CCCNCc1cc(-n2ccnc2CC)ncc1Cl. The van der Waals surface area contributed by atoms with Gasteiger partial charge in [0.25, 0.3) is 0 Å². The van der Waals surface area contributed by atoms with Gasteiger partial charge in [0.1, 0.15) is 11.6 Å². The van der Waals surface area contributed by atoms with Crippen LogP contribution in [0, 0.1) is 0 Å². The van der Waals surface area contributed by atoms with Crippen LogP contribution in [-0.4, -0.2) is 21.1 Å². The van der Waals surface area contributed by atoms with Crippen LogP contribution in [-0.2, 0) is 13.0 Å². The van der Waals surface area contributed by atoms with Crippen LogP contribution in [0.3, 0.4) is 0 Å². The first kappa shape index (κ1) is 14.0. The molecule has 2 aromatic heterocycles. The fraction of sp³-hybridized carbons (Fsp3) is 0.429. The number of aryl methyl sites for hydroxylation is 1. The second-order valence-corrected chi connectivity index (χ2v) is 4.78. The van der Waals surface area contributed by atoms with E-state index in [-0.39, 0.29) is 0 Å². The number of nitrogens with zero attached hydrogens (tertiary/aromatic N) is 3. The summed E-state index contributed by atoms with van der Waals surface area (Å²) in [6, 6.07) is 2.02. The molecule has 4 nitrogen and oxygen atoms in total. The Kier molecular flexibility index (Phi) is 4.93. The Morgan fingerprint density at radius 2 is 2.16 bits per heavy atom. The predicted octanol–water partition coefficient (Wildman–Crippen LogP) is 2.98. The van der Waals surface area contributed by atoms with Gasteiger partial charge >= 0.3 is 0 Å². The number of hydrogen-bond acceptors (Lipinski definition) is 3. The summed E-state index contributed by atoms with van der Waals surface area (Å²) in [5, 5.41) is 4.06. The molecule has 1 N–H and O–H groups in total. The highest BCUT2D eigenvalue weighted by atomic mass is 35.5. The Balaban J connectivity index is 2.25. The van der Waals surface area contributed by atoms with Crippen molar-refractivity contribution in [1.29, 1.82) is 0 Å². The fourth-order valence-electron chi connectivity index (χ4n) is 1.94. The molecule has 102 valence electrons. The predicted molar refractivity (Wildman–Crippen MR) is 77.7 cm³/mol. The molecule has 0 bridgehead atoms. The van der Waals surface area contributed by atoms with Crippen molar-refractivity contribution in [3.8, 4) is 5.82 Å². The fourth-order valence-corrected chi connectivity index (χ4v) is 2.11. The van der Waals surface area contributed by atoms with Crippen LogP contribution in [0.15, 0.2) is 24.7 Å². The van der Waals surface area contributed by atoms with E-state index in [4.69, 9.17) is 11.6 Å². The first-order valence-electron chi connectivity index (χ1n) is 6.64. The molecule has 2 aromatic rings. The van der Waals surface area contributed by atoms with Gasteiger partial charge < -0.3 is 5.32 Å². The van der Waals surface area contributed by atoms with Gasteiger partial charge in [-0.15, -0.1) is 0 Å². The van der Waals surface area contributed by atoms with E-state index in [0.29, 0.717) is 5.02 Å². The molecule has 0 fully saturated rings. The van der Waals surface area contributed by atoms with Crippen molar-refractivity contribution in [3.63, 3.8) is 0 Å². The van der Waals surface area contributed by atoms with Gasteiger partial charge in [-0.25, -0.2) is 9.97 Å². The number of rotatable bonds is 6. The van der Waals surface area contributed by atoms with Crippen LogP contribution in [0.1, 0.15) is 31.7 Å². The van der Waals surface area contributed by atoms with Crippen LogP contribution in [0.5, 0.6) is 0 Å². The molecule has 19 heavy (non-hydrogen) atoms. The molecule has 2 rings (SSSR count). The van der Waals surface area contributed by atoms with Gasteiger partial charge in [0.05, 0.1) is 5.02 Å². The van der Waals surface area contributed by atoms with Crippen molar-refractivity contribution >= 4 is 11.6 Å². The average Bonchev–Trinajstić information content (AvgIpc) is 2.89. The number of hydrogen-bond donors (Lipinski definition) is 1.